The van der Waals surface area contributed by atoms with E-state index in [0.29, 0.717) is 36.1 Å². The van der Waals surface area contributed by atoms with Crippen molar-refractivity contribution in [3.63, 3.8) is 0 Å². The van der Waals surface area contributed by atoms with Crippen molar-refractivity contribution in [3.05, 3.63) is 54.4 Å². The molecule has 36 heavy (non-hydrogen) atoms. The molecule has 0 spiro atoms. The number of alkyl carbamates (subject to hydrolysis) is 1. The maximum Gasteiger partial charge on any atom is 0.407 e. The molecule has 0 saturated heterocycles. The zero-order valence-electron chi connectivity index (χ0n) is 21.6. The Balaban J connectivity index is 1.76. The van der Waals surface area contributed by atoms with Crippen LogP contribution in [-0.2, 0) is 4.74 Å². The van der Waals surface area contributed by atoms with Crippen LogP contribution in [0.25, 0.3) is 16.9 Å². The first kappa shape index (κ1) is 26.5. The van der Waals surface area contributed by atoms with Crippen molar-refractivity contribution >= 4 is 12.0 Å². The zero-order chi connectivity index (χ0) is 26.3. The van der Waals surface area contributed by atoms with E-state index in [9.17, 15) is 9.59 Å². The fourth-order valence-electron chi connectivity index (χ4n) is 3.20. The highest BCUT2D eigenvalue weighted by molar-refractivity contribution is 5.93. The second-order valence-electron chi connectivity index (χ2n) is 9.01. The summed E-state index contributed by atoms with van der Waals surface area (Å²) in [6, 6.07) is 12.8. The monoisotopic (exact) mass is 495 g/mol. The summed E-state index contributed by atoms with van der Waals surface area (Å²) in [6.07, 6.45) is 1.16. The smallest absolute Gasteiger partial charge is 0.407 e. The molecule has 3 aromatic rings. The van der Waals surface area contributed by atoms with Gasteiger partial charge in [-0.3, -0.25) is 4.79 Å². The predicted molar refractivity (Wildman–Crippen MR) is 136 cm³/mol. The molecule has 0 aliphatic heterocycles. The minimum atomic E-state index is -0.550. The first-order chi connectivity index (χ1) is 17.1. The number of nitrogens with one attached hydrogen (secondary N) is 1. The number of ether oxygens (including phenoxy) is 3. The van der Waals surface area contributed by atoms with Crippen LogP contribution in [0.2, 0.25) is 0 Å². The van der Waals surface area contributed by atoms with Crippen LogP contribution in [-0.4, -0.2) is 71.1 Å². The van der Waals surface area contributed by atoms with Crippen molar-refractivity contribution < 1.29 is 23.8 Å². The number of amides is 2. The zero-order valence-corrected chi connectivity index (χ0v) is 21.6. The maximum absolute atomic E-state index is 12.8. The molecule has 0 unspecified atom stereocenters. The van der Waals surface area contributed by atoms with E-state index >= 15 is 0 Å². The van der Waals surface area contributed by atoms with Gasteiger partial charge in [-0.15, -0.1) is 0 Å². The van der Waals surface area contributed by atoms with Crippen LogP contribution in [0.5, 0.6) is 11.6 Å². The molecule has 2 aromatic heterocycles. The van der Waals surface area contributed by atoms with Crippen LogP contribution in [0.4, 0.5) is 4.79 Å². The van der Waals surface area contributed by atoms with Gasteiger partial charge in [0.2, 0.25) is 5.88 Å². The third-order valence-electron chi connectivity index (χ3n) is 5.11. The molecule has 192 valence electrons. The van der Waals surface area contributed by atoms with Gasteiger partial charge in [0, 0.05) is 25.2 Å². The minimum Gasteiger partial charge on any atom is -0.492 e. The first-order valence-electron chi connectivity index (χ1n) is 11.7. The summed E-state index contributed by atoms with van der Waals surface area (Å²) in [6.45, 7) is 8.50. The molecule has 1 aromatic carbocycles. The van der Waals surface area contributed by atoms with Gasteiger partial charge in [0.15, 0.2) is 5.69 Å². The average Bonchev–Trinajstić information content (AvgIpc) is 3.30. The summed E-state index contributed by atoms with van der Waals surface area (Å²) in [5.74, 6) is 0.956. The van der Waals surface area contributed by atoms with Crippen LogP contribution in [0.15, 0.2) is 48.7 Å². The number of hydrogen-bond donors (Lipinski definition) is 1. The molecule has 0 bridgehead atoms. The average molecular weight is 496 g/mol. The van der Waals surface area contributed by atoms with Gasteiger partial charge in [0.1, 0.15) is 18.0 Å². The van der Waals surface area contributed by atoms with Crippen LogP contribution >= 0.6 is 0 Å². The predicted octanol–water partition coefficient (Wildman–Crippen LogP) is 3.94. The van der Waals surface area contributed by atoms with Crippen LogP contribution in [0.3, 0.4) is 0 Å². The number of benzene rings is 1. The number of carbonyl (C=O) groups excluding carboxylic acids is 2. The van der Waals surface area contributed by atoms with Crippen molar-refractivity contribution in [1.82, 2.24) is 25.0 Å². The van der Waals surface area contributed by atoms with E-state index in [-0.39, 0.29) is 12.5 Å². The third kappa shape index (κ3) is 6.97. The fourth-order valence-corrected chi connectivity index (χ4v) is 3.20. The number of hydrogen-bond acceptors (Lipinski definition) is 7. The summed E-state index contributed by atoms with van der Waals surface area (Å²) in [5.41, 5.74) is 2.05. The second-order valence-corrected chi connectivity index (χ2v) is 9.01. The number of pyridine rings is 1. The standard InChI is InChI=1S/C26H33N5O5/c1-7-30(5)24(32)21-16-22(31(29-21)19-10-13-23(34-6)28-17-19)18-8-11-20(12-9-18)35-15-14-27-25(33)36-26(2,3)4/h8-13,16-17H,7,14-15H2,1-6H3,(H,27,33). The van der Waals surface area contributed by atoms with E-state index in [2.05, 4.69) is 15.4 Å². The van der Waals surface area contributed by atoms with Gasteiger partial charge in [0.05, 0.1) is 31.2 Å². The van der Waals surface area contributed by atoms with Crippen molar-refractivity contribution in [2.24, 2.45) is 0 Å². The molecular weight excluding hydrogens is 462 g/mol. The lowest BCUT2D eigenvalue weighted by molar-refractivity contribution is 0.0520. The van der Waals surface area contributed by atoms with Crippen molar-refractivity contribution in [2.75, 3.05) is 33.9 Å². The number of nitrogens with zero attached hydrogens (tertiary/aromatic N) is 4. The normalized spacial score (nSPS) is 11.1. The van der Waals surface area contributed by atoms with Crippen LogP contribution in [0, 0.1) is 0 Å². The van der Waals surface area contributed by atoms with E-state index in [1.54, 1.807) is 42.1 Å². The topological polar surface area (TPSA) is 108 Å². The molecule has 0 atom stereocenters. The Bertz CT molecular complexity index is 1170. The highest BCUT2D eigenvalue weighted by Crippen LogP contribution is 2.27. The number of carbonyl (C=O) groups is 2. The fraction of sp³-hybridized carbons (Fsp3) is 0.385. The van der Waals surface area contributed by atoms with Gasteiger partial charge in [-0.2, -0.15) is 5.10 Å². The van der Waals surface area contributed by atoms with Gasteiger partial charge in [-0.25, -0.2) is 14.5 Å². The van der Waals surface area contributed by atoms with Crippen LogP contribution in [0.1, 0.15) is 38.2 Å². The van der Waals surface area contributed by atoms with E-state index in [0.717, 1.165) is 11.3 Å². The van der Waals surface area contributed by atoms with Gasteiger partial charge in [-0.05, 0) is 64.1 Å². The molecule has 0 aliphatic rings. The summed E-state index contributed by atoms with van der Waals surface area (Å²) in [5, 5.41) is 7.23. The highest BCUT2D eigenvalue weighted by Gasteiger charge is 2.19. The van der Waals surface area contributed by atoms with Crippen LogP contribution < -0.4 is 14.8 Å². The Morgan fingerprint density at radius 2 is 1.83 bits per heavy atom. The second kappa shape index (κ2) is 11.6. The molecule has 2 amide bonds. The molecule has 0 aliphatic carbocycles. The van der Waals surface area contributed by atoms with E-state index < -0.39 is 11.7 Å². The molecular formula is C26H33N5O5. The summed E-state index contributed by atoms with van der Waals surface area (Å²) < 4.78 is 17.8. The number of aromatic nitrogens is 3. The van der Waals surface area contributed by atoms with E-state index in [1.165, 1.54) is 0 Å². The lowest BCUT2D eigenvalue weighted by atomic mass is 10.1. The quantitative estimate of drug-likeness (QED) is 0.448. The highest BCUT2D eigenvalue weighted by atomic mass is 16.6. The lowest BCUT2D eigenvalue weighted by Crippen LogP contribution is -2.34. The van der Waals surface area contributed by atoms with E-state index in [1.807, 2.05) is 58.0 Å². The Kier molecular flexibility index (Phi) is 8.52. The molecule has 0 fully saturated rings. The number of methoxy groups -OCH3 is 1. The Morgan fingerprint density at radius 3 is 2.42 bits per heavy atom. The Labute approximate surface area is 211 Å². The Morgan fingerprint density at radius 1 is 1.11 bits per heavy atom. The van der Waals surface area contributed by atoms with E-state index in [4.69, 9.17) is 14.2 Å². The molecule has 3 rings (SSSR count). The third-order valence-corrected chi connectivity index (χ3v) is 5.11. The SMILES string of the molecule is CCN(C)C(=O)c1cc(-c2ccc(OCCNC(=O)OC(C)(C)C)cc2)n(-c2ccc(OC)nc2)n1. The summed E-state index contributed by atoms with van der Waals surface area (Å²) in [4.78, 5) is 30.4. The molecule has 2 heterocycles. The molecule has 0 radical (unpaired) electrons. The summed E-state index contributed by atoms with van der Waals surface area (Å²) >= 11 is 0. The van der Waals surface area contributed by atoms with Crippen molar-refractivity contribution in [3.8, 4) is 28.6 Å². The van der Waals surface area contributed by atoms with Gasteiger partial charge < -0.3 is 24.4 Å². The Hall–Kier alpha value is -4.08. The number of rotatable bonds is 9. The first-order valence-corrected chi connectivity index (χ1v) is 11.7. The summed E-state index contributed by atoms with van der Waals surface area (Å²) in [7, 11) is 3.29. The van der Waals surface area contributed by atoms with Crippen molar-refractivity contribution in [2.45, 2.75) is 33.3 Å². The minimum absolute atomic E-state index is 0.170. The maximum atomic E-state index is 12.8. The van der Waals surface area contributed by atoms with Gasteiger partial charge in [0.25, 0.3) is 5.91 Å². The van der Waals surface area contributed by atoms with Gasteiger partial charge >= 0.3 is 6.09 Å². The molecule has 1 N–H and O–H groups in total. The van der Waals surface area contributed by atoms with Crippen molar-refractivity contribution in [1.29, 1.82) is 0 Å². The van der Waals surface area contributed by atoms with Gasteiger partial charge in [-0.1, -0.05) is 0 Å². The molecule has 10 heteroatoms. The molecule has 10 nitrogen and oxygen atoms in total. The lowest BCUT2D eigenvalue weighted by Gasteiger charge is -2.19. The molecule has 0 saturated carbocycles. The largest absolute Gasteiger partial charge is 0.492 e.